The molecule has 0 unspecified atom stereocenters. The lowest BCUT2D eigenvalue weighted by Gasteiger charge is -2.32. The molecule has 1 aliphatic rings. The number of likely N-dealkylation sites (N-methyl/N-ethyl adjacent to an activating group) is 1. The average molecular weight is 269 g/mol. The first-order valence-electron chi connectivity index (χ1n) is 6.94. The molecule has 5 heteroatoms. The van der Waals surface area contributed by atoms with Gasteiger partial charge in [-0.2, -0.15) is 0 Å². The van der Waals surface area contributed by atoms with Crippen LogP contribution in [0.1, 0.15) is 5.69 Å². The minimum absolute atomic E-state index is 0.728. The van der Waals surface area contributed by atoms with E-state index in [4.69, 9.17) is 0 Å². The van der Waals surface area contributed by atoms with E-state index in [9.17, 15) is 0 Å². The molecule has 2 aromatic rings. The van der Waals surface area contributed by atoms with Crippen molar-refractivity contribution < 1.29 is 0 Å². The molecule has 0 saturated carbocycles. The van der Waals surface area contributed by atoms with E-state index in [2.05, 4.69) is 37.9 Å². The standard InChI is InChI=1S/C15H19N5/c1-19-7-9-20(10-8-19)12-14-4-3-13(11-18-14)15-16-5-2-6-17-15/h2-6,11H,7-10,12H2,1H3. The summed E-state index contributed by atoms with van der Waals surface area (Å²) in [4.78, 5) is 17.8. The molecule has 2 aromatic heterocycles. The van der Waals surface area contributed by atoms with Crippen LogP contribution in [-0.2, 0) is 6.54 Å². The first-order valence-corrected chi connectivity index (χ1v) is 6.94. The fraction of sp³-hybridized carbons (Fsp3) is 0.400. The largest absolute Gasteiger partial charge is 0.304 e. The van der Waals surface area contributed by atoms with E-state index in [0.717, 1.165) is 49.8 Å². The van der Waals surface area contributed by atoms with Crippen molar-refractivity contribution in [1.29, 1.82) is 0 Å². The van der Waals surface area contributed by atoms with E-state index in [1.807, 2.05) is 18.3 Å². The molecule has 1 saturated heterocycles. The molecule has 20 heavy (non-hydrogen) atoms. The van der Waals surface area contributed by atoms with E-state index in [0.29, 0.717) is 0 Å². The Hall–Kier alpha value is -1.85. The molecule has 0 amide bonds. The van der Waals surface area contributed by atoms with Crippen LogP contribution in [0.5, 0.6) is 0 Å². The quantitative estimate of drug-likeness (QED) is 0.840. The van der Waals surface area contributed by atoms with Gasteiger partial charge in [0.2, 0.25) is 0 Å². The van der Waals surface area contributed by atoms with Crippen molar-refractivity contribution in [3.05, 3.63) is 42.5 Å². The maximum Gasteiger partial charge on any atom is 0.160 e. The van der Waals surface area contributed by atoms with Gasteiger partial charge < -0.3 is 4.90 Å². The van der Waals surface area contributed by atoms with E-state index in [1.54, 1.807) is 12.4 Å². The second kappa shape index (κ2) is 6.07. The summed E-state index contributed by atoms with van der Waals surface area (Å²) in [7, 11) is 2.17. The highest BCUT2D eigenvalue weighted by Crippen LogP contribution is 2.13. The fourth-order valence-electron chi connectivity index (χ4n) is 2.33. The summed E-state index contributed by atoms with van der Waals surface area (Å²) in [6.45, 7) is 5.42. The van der Waals surface area contributed by atoms with Crippen molar-refractivity contribution in [3.63, 3.8) is 0 Å². The molecular weight excluding hydrogens is 250 g/mol. The van der Waals surface area contributed by atoms with Gasteiger partial charge in [-0.25, -0.2) is 9.97 Å². The predicted molar refractivity (Wildman–Crippen MR) is 78.0 cm³/mol. The Kier molecular flexibility index (Phi) is 3.99. The minimum atomic E-state index is 0.728. The molecule has 0 aliphatic carbocycles. The van der Waals surface area contributed by atoms with Gasteiger partial charge in [0.25, 0.3) is 0 Å². The van der Waals surface area contributed by atoms with Crippen LogP contribution in [0.25, 0.3) is 11.4 Å². The lowest BCUT2D eigenvalue weighted by molar-refractivity contribution is 0.147. The Morgan fingerprint density at radius 1 is 1.00 bits per heavy atom. The number of hydrogen-bond acceptors (Lipinski definition) is 5. The third kappa shape index (κ3) is 3.18. The molecule has 0 aromatic carbocycles. The second-order valence-corrected chi connectivity index (χ2v) is 5.19. The molecule has 1 fully saturated rings. The summed E-state index contributed by atoms with van der Waals surface area (Å²) in [5, 5.41) is 0. The highest BCUT2D eigenvalue weighted by atomic mass is 15.2. The van der Waals surface area contributed by atoms with Crippen molar-refractivity contribution in [2.45, 2.75) is 6.54 Å². The molecule has 5 nitrogen and oxygen atoms in total. The van der Waals surface area contributed by atoms with Crippen LogP contribution in [0.15, 0.2) is 36.8 Å². The molecule has 104 valence electrons. The number of hydrogen-bond donors (Lipinski definition) is 0. The summed E-state index contributed by atoms with van der Waals surface area (Å²) < 4.78 is 0. The highest BCUT2D eigenvalue weighted by Gasteiger charge is 2.14. The molecule has 1 aliphatic heterocycles. The fourth-order valence-corrected chi connectivity index (χ4v) is 2.33. The van der Waals surface area contributed by atoms with Crippen molar-refractivity contribution >= 4 is 0 Å². The number of nitrogens with zero attached hydrogens (tertiary/aromatic N) is 5. The van der Waals surface area contributed by atoms with E-state index >= 15 is 0 Å². The van der Waals surface area contributed by atoms with Crippen molar-refractivity contribution in [2.75, 3.05) is 33.2 Å². The molecule has 0 spiro atoms. The zero-order chi connectivity index (χ0) is 13.8. The first-order chi connectivity index (χ1) is 9.81. The SMILES string of the molecule is CN1CCN(Cc2ccc(-c3ncccn3)cn2)CC1. The first kappa shape index (κ1) is 13.1. The van der Waals surface area contributed by atoms with E-state index in [-0.39, 0.29) is 0 Å². The Morgan fingerprint density at radius 2 is 1.75 bits per heavy atom. The van der Waals surface area contributed by atoms with Gasteiger partial charge >= 0.3 is 0 Å². The van der Waals surface area contributed by atoms with Crippen LogP contribution in [-0.4, -0.2) is 58.0 Å². The van der Waals surface area contributed by atoms with Gasteiger partial charge in [-0.05, 0) is 25.2 Å². The molecular formula is C15H19N5. The lowest BCUT2D eigenvalue weighted by atomic mass is 10.2. The second-order valence-electron chi connectivity index (χ2n) is 5.19. The van der Waals surface area contributed by atoms with Crippen LogP contribution in [0.3, 0.4) is 0 Å². The topological polar surface area (TPSA) is 45.2 Å². The van der Waals surface area contributed by atoms with Gasteiger partial charge in [-0.15, -0.1) is 0 Å². The van der Waals surface area contributed by atoms with Crippen molar-refractivity contribution in [3.8, 4) is 11.4 Å². The zero-order valence-electron chi connectivity index (χ0n) is 11.7. The number of pyridine rings is 1. The van der Waals surface area contributed by atoms with Gasteiger partial charge in [0.15, 0.2) is 5.82 Å². The normalized spacial score (nSPS) is 17.2. The Balaban J connectivity index is 1.65. The Labute approximate surface area is 119 Å². The summed E-state index contributed by atoms with van der Waals surface area (Å²) in [5.74, 6) is 0.728. The maximum atomic E-state index is 4.53. The van der Waals surface area contributed by atoms with Crippen LogP contribution >= 0.6 is 0 Å². The number of aromatic nitrogens is 3. The summed E-state index contributed by atoms with van der Waals surface area (Å²) in [6, 6.07) is 5.94. The van der Waals surface area contributed by atoms with Gasteiger partial charge in [0.1, 0.15) is 0 Å². The molecule has 0 radical (unpaired) electrons. The Bertz CT molecular complexity index is 532. The summed E-state index contributed by atoms with van der Waals surface area (Å²) in [6.07, 6.45) is 5.36. The van der Waals surface area contributed by atoms with Crippen LogP contribution in [0.4, 0.5) is 0 Å². The van der Waals surface area contributed by atoms with Crippen molar-refractivity contribution in [1.82, 2.24) is 24.8 Å². The van der Waals surface area contributed by atoms with Crippen LogP contribution < -0.4 is 0 Å². The van der Waals surface area contributed by atoms with Crippen LogP contribution in [0.2, 0.25) is 0 Å². The third-order valence-corrected chi connectivity index (χ3v) is 3.63. The van der Waals surface area contributed by atoms with Gasteiger partial charge in [0, 0.05) is 56.9 Å². The minimum Gasteiger partial charge on any atom is -0.304 e. The molecule has 0 N–H and O–H groups in total. The smallest absolute Gasteiger partial charge is 0.160 e. The number of rotatable bonds is 3. The molecule has 3 rings (SSSR count). The Morgan fingerprint density at radius 3 is 2.40 bits per heavy atom. The highest BCUT2D eigenvalue weighted by molar-refractivity contribution is 5.52. The number of piperazine rings is 1. The predicted octanol–water partition coefficient (Wildman–Crippen LogP) is 1.29. The third-order valence-electron chi connectivity index (χ3n) is 3.63. The zero-order valence-corrected chi connectivity index (χ0v) is 11.7. The monoisotopic (exact) mass is 269 g/mol. The summed E-state index contributed by atoms with van der Waals surface area (Å²) >= 11 is 0. The average Bonchev–Trinajstić information content (AvgIpc) is 2.51. The summed E-state index contributed by atoms with van der Waals surface area (Å²) in [5.41, 5.74) is 2.07. The van der Waals surface area contributed by atoms with E-state index < -0.39 is 0 Å². The van der Waals surface area contributed by atoms with Gasteiger partial charge in [0.05, 0.1) is 5.69 Å². The maximum absolute atomic E-state index is 4.53. The van der Waals surface area contributed by atoms with Gasteiger partial charge in [-0.3, -0.25) is 9.88 Å². The van der Waals surface area contributed by atoms with Crippen LogP contribution in [0, 0.1) is 0 Å². The van der Waals surface area contributed by atoms with Gasteiger partial charge in [-0.1, -0.05) is 0 Å². The molecule has 0 bridgehead atoms. The van der Waals surface area contributed by atoms with Crippen molar-refractivity contribution in [2.24, 2.45) is 0 Å². The lowest BCUT2D eigenvalue weighted by Crippen LogP contribution is -2.43. The molecule has 3 heterocycles. The van der Waals surface area contributed by atoms with E-state index in [1.165, 1.54) is 0 Å². The molecule has 0 atom stereocenters.